The lowest BCUT2D eigenvalue weighted by Gasteiger charge is -2.20. The molecule has 7 nitrogen and oxygen atoms in total. The van der Waals surface area contributed by atoms with E-state index in [2.05, 4.69) is 0 Å². The summed E-state index contributed by atoms with van der Waals surface area (Å²) < 4.78 is 5.14. The molecule has 2 heterocycles. The molecule has 1 amide bonds. The summed E-state index contributed by atoms with van der Waals surface area (Å²) in [6.07, 6.45) is -0.291. The molecule has 1 aromatic rings. The van der Waals surface area contributed by atoms with E-state index in [-0.39, 0.29) is 23.6 Å². The first-order chi connectivity index (χ1) is 9.09. The van der Waals surface area contributed by atoms with Crippen molar-refractivity contribution < 1.29 is 19.2 Å². The molecule has 0 aromatic heterocycles. The van der Waals surface area contributed by atoms with Crippen molar-refractivity contribution >= 4 is 17.6 Å². The third-order valence-corrected chi connectivity index (χ3v) is 3.41. The number of para-hydroxylation sites is 1. The highest BCUT2D eigenvalue weighted by molar-refractivity contribution is 5.91. The Morgan fingerprint density at radius 1 is 1.32 bits per heavy atom. The lowest BCUT2D eigenvalue weighted by Crippen LogP contribution is -2.31. The molecule has 2 fully saturated rings. The lowest BCUT2D eigenvalue weighted by molar-refractivity contribution is -0.386. The van der Waals surface area contributed by atoms with Crippen LogP contribution >= 0.6 is 0 Å². The van der Waals surface area contributed by atoms with Gasteiger partial charge in [-0.3, -0.25) is 19.8 Å². The largest absolute Gasteiger partial charge is 0.435 e. The number of benzene rings is 1. The minimum Gasteiger partial charge on any atom is -0.435 e. The smallest absolute Gasteiger partial charge is 0.331 e. The number of rotatable bonds is 2. The number of carbonyl (C=O) groups is 2. The number of nitro groups is 1. The van der Waals surface area contributed by atoms with E-state index in [9.17, 15) is 19.7 Å². The number of nitrogens with zero attached hydrogens (tertiary/aromatic N) is 2. The fourth-order valence-corrected chi connectivity index (χ4v) is 2.55. The molecule has 0 radical (unpaired) electrons. The molecule has 19 heavy (non-hydrogen) atoms. The number of fused-ring (bicyclic) bond motifs is 1. The number of hydrogen-bond donors (Lipinski definition) is 0. The number of nitro benzene ring substituents is 1. The second kappa shape index (κ2) is 4.04. The van der Waals surface area contributed by atoms with E-state index >= 15 is 0 Å². The predicted octanol–water partition coefficient (Wildman–Crippen LogP) is 1.14. The fourth-order valence-electron chi connectivity index (χ4n) is 2.55. The van der Waals surface area contributed by atoms with Crippen molar-refractivity contribution in [1.82, 2.24) is 4.90 Å². The summed E-state index contributed by atoms with van der Waals surface area (Å²) in [6, 6.07) is 5.38. The average molecular weight is 262 g/mol. The van der Waals surface area contributed by atoms with Gasteiger partial charge in [-0.05, 0) is 12.5 Å². The van der Waals surface area contributed by atoms with Crippen LogP contribution in [0, 0.1) is 10.1 Å². The highest BCUT2D eigenvalue weighted by Gasteiger charge is 2.50. The minimum atomic E-state index is -0.978. The van der Waals surface area contributed by atoms with Crippen molar-refractivity contribution in [3.63, 3.8) is 0 Å². The number of hydrogen-bond acceptors (Lipinski definition) is 5. The molecule has 3 rings (SSSR count). The molecule has 0 N–H and O–H groups in total. The van der Waals surface area contributed by atoms with Crippen LogP contribution in [0.4, 0.5) is 5.69 Å². The van der Waals surface area contributed by atoms with Crippen molar-refractivity contribution in [3.8, 4) is 0 Å². The number of esters is 1. The molecule has 7 heteroatoms. The Morgan fingerprint density at radius 3 is 2.79 bits per heavy atom. The first-order valence-corrected chi connectivity index (χ1v) is 5.84. The molecular weight excluding hydrogens is 252 g/mol. The van der Waals surface area contributed by atoms with E-state index in [0.717, 1.165) is 0 Å². The summed E-state index contributed by atoms with van der Waals surface area (Å²) in [7, 11) is 0. The molecule has 0 aliphatic carbocycles. The van der Waals surface area contributed by atoms with Crippen molar-refractivity contribution in [2.24, 2.45) is 0 Å². The highest BCUT2D eigenvalue weighted by atomic mass is 16.6. The molecule has 0 unspecified atom stereocenters. The maximum Gasteiger partial charge on any atom is 0.331 e. The van der Waals surface area contributed by atoms with E-state index in [1.807, 2.05) is 0 Å². The third-order valence-electron chi connectivity index (χ3n) is 3.41. The lowest BCUT2D eigenvalue weighted by atomic mass is 10.1. The SMILES string of the molecule is O=C1O[C@H](c2ccccc2[N+](=O)[O-])N2C(=O)CC[C@@H]12. The standard InChI is InChI=1S/C12H10N2O5/c15-10-6-5-9-12(16)19-11(13(9)10)7-3-1-2-4-8(7)14(17)18/h1-4,9,11H,5-6H2/t9-,11+/m0/s1. The van der Waals surface area contributed by atoms with Gasteiger partial charge >= 0.3 is 5.97 Å². The second-order valence-electron chi connectivity index (χ2n) is 4.46. The fraction of sp³-hybridized carbons (Fsp3) is 0.333. The Morgan fingerprint density at radius 2 is 2.05 bits per heavy atom. The van der Waals surface area contributed by atoms with Crippen molar-refractivity contribution in [2.45, 2.75) is 25.1 Å². The van der Waals surface area contributed by atoms with Crippen LogP contribution in [-0.4, -0.2) is 27.7 Å². The van der Waals surface area contributed by atoms with Gasteiger partial charge < -0.3 is 4.74 Å². The van der Waals surface area contributed by atoms with Gasteiger partial charge in [-0.25, -0.2) is 4.79 Å². The molecule has 2 aliphatic heterocycles. The van der Waals surface area contributed by atoms with Gasteiger partial charge in [0, 0.05) is 12.5 Å². The Hall–Kier alpha value is -2.44. The maximum atomic E-state index is 11.8. The zero-order valence-corrected chi connectivity index (χ0v) is 9.81. The summed E-state index contributed by atoms with van der Waals surface area (Å²) in [5, 5.41) is 11.0. The molecule has 98 valence electrons. The van der Waals surface area contributed by atoms with E-state index in [1.54, 1.807) is 6.07 Å². The van der Waals surface area contributed by atoms with Crippen LogP contribution in [0.1, 0.15) is 24.6 Å². The van der Waals surface area contributed by atoms with Gasteiger partial charge in [0.15, 0.2) is 0 Å². The predicted molar refractivity (Wildman–Crippen MR) is 61.8 cm³/mol. The van der Waals surface area contributed by atoms with Gasteiger partial charge in [-0.15, -0.1) is 0 Å². The Bertz CT molecular complexity index is 583. The van der Waals surface area contributed by atoms with Gasteiger partial charge in [0.2, 0.25) is 12.1 Å². The van der Waals surface area contributed by atoms with E-state index < -0.39 is 23.2 Å². The second-order valence-corrected chi connectivity index (χ2v) is 4.46. The van der Waals surface area contributed by atoms with Gasteiger partial charge in [-0.1, -0.05) is 12.1 Å². The molecule has 0 bridgehead atoms. The van der Waals surface area contributed by atoms with Crippen molar-refractivity contribution in [3.05, 3.63) is 39.9 Å². The van der Waals surface area contributed by atoms with Crippen LogP contribution in [0.5, 0.6) is 0 Å². The van der Waals surface area contributed by atoms with Gasteiger partial charge in [0.1, 0.15) is 6.04 Å². The normalized spacial score (nSPS) is 25.4. The zero-order valence-electron chi connectivity index (χ0n) is 9.81. The summed E-state index contributed by atoms with van der Waals surface area (Å²) in [4.78, 5) is 35.2. The van der Waals surface area contributed by atoms with Gasteiger partial charge in [0.05, 0.1) is 10.5 Å². The highest BCUT2D eigenvalue weighted by Crippen LogP contribution is 2.40. The van der Waals surface area contributed by atoms with Crippen LogP contribution in [0.3, 0.4) is 0 Å². The Labute approximate surface area is 107 Å². The summed E-state index contributed by atoms with van der Waals surface area (Å²) in [6.45, 7) is 0. The first-order valence-electron chi connectivity index (χ1n) is 5.84. The Balaban J connectivity index is 2.05. The van der Waals surface area contributed by atoms with Crippen LogP contribution < -0.4 is 0 Å². The number of cyclic esters (lactones) is 1. The molecule has 2 saturated heterocycles. The molecule has 0 spiro atoms. The van der Waals surface area contributed by atoms with Crippen molar-refractivity contribution in [2.75, 3.05) is 0 Å². The van der Waals surface area contributed by atoms with Gasteiger partial charge in [0.25, 0.3) is 5.69 Å². The molecule has 2 atom stereocenters. The van der Waals surface area contributed by atoms with E-state index in [4.69, 9.17) is 4.74 Å². The molecule has 2 aliphatic rings. The molecular formula is C12H10N2O5. The van der Waals surface area contributed by atoms with Crippen LogP contribution in [-0.2, 0) is 14.3 Å². The van der Waals surface area contributed by atoms with Crippen molar-refractivity contribution in [1.29, 1.82) is 0 Å². The number of carbonyl (C=O) groups excluding carboxylic acids is 2. The van der Waals surface area contributed by atoms with Gasteiger partial charge in [-0.2, -0.15) is 0 Å². The summed E-state index contributed by atoms with van der Waals surface area (Å²) >= 11 is 0. The summed E-state index contributed by atoms with van der Waals surface area (Å²) in [5.74, 6) is -0.701. The monoisotopic (exact) mass is 262 g/mol. The molecule has 1 aromatic carbocycles. The Kier molecular flexibility index (Phi) is 2.48. The van der Waals surface area contributed by atoms with Crippen LogP contribution in [0.25, 0.3) is 0 Å². The van der Waals surface area contributed by atoms with Crippen LogP contribution in [0.15, 0.2) is 24.3 Å². The maximum absolute atomic E-state index is 11.8. The zero-order chi connectivity index (χ0) is 13.6. The van der Waals surface area contributed by atoms with Crippen LogP contribution in [0.2, 0.25) is 0 Å². The average Bonchev–Trinajstić information content (AvgIpc) is 2.92. The minimum absolute atomic E-state index is 0.152. The van der Waals surface area contributed by atoms with E-state index in [1.165, 1.54) is 23.1 Å². The number of amides is 1. The molecule has 0 saturated carbocycles. The topological polar surface area (TPSA) is 89.8 Å². The quantitative estimate of drug-likeness (QED) is 0.453. The summed E-state index contributed by atoms with van der Waals surface area (Å²) in [5.41, 5.74) is 0.0826. The first kappa shape index (κ1) is 11.6. The van der Waals surface area contributed by atoms with E-state index in [0.29, 0.717) is 6.42 Å². The number of ether oxygens (including phenoxy) is 1. The third kappa shape index (κ3) is 1.66.